The molecule has 0 bridgehead atoms. The van der Waals surface area contributed by atoms with Crippen molar-refractivity contribution in [1.82, 2.24) is 0 Å². The van der Waals surface area contributed by atoms with Crippen LogP contribution in [0, 0.1) is 45.3 Å². The number of nitriles is 4. The van der Waals surface area contributed by atoms with Crippen molar-refractivity contribution in [3.8, 4) is 56.7 Å². The maximum absolute atomic E-state index is 9.11. The van der Waals surface area contributed by atoms with Gasteiger partial charge in [0.2, 0.25) is 11.4 Å². The molecule has 36 heavy (non-hydrogen) atoms. The van der Waals surface area contributed by atoms with E-state index in [0.717, 1.165) is 32.0 Å². The smallest absolute Gasteiger partial charge is 0.219 e. The van der Waals surface area contributed by atoms with Crippen molar-refractivity contribution in [3.63, 3.8) is 0 Å². The van der Waals surface area contributed by atoms with Gasteiger partial charge >= 0.3 is 0 Å². The Labute approximate surface area is 215 Å². The monoisotopic (exact) mass is 508 g/mol. The summed E-state index contributed by atoms with van der Waals surface area (Å²) < 4.78 is 12.8. The van der Waals surface area contributed by atoms with Gasteiger partial charge in [0.15, 0.2) is 0 Å². The van der Waals surface area contributed by atoms with Crippen LogP contribution >= 0.6 is 22.7 Å². The van der Waals surface area contributed by atoms with Crippen molar-refractivity contribution in [3.05, 3.63) is 35.4 Å². The quantitative estimate of drug-likeness (QED) is 0.356. The summed E-state index contributed by atoms with van der Waals surface area (Å²) in [4.78, 5) is 10.3. The molecule has 8 nitrogen and oxygen atoms in total. The van der Waals surface area contributed by atoms with Crippen molar-refractivity contribution < 1.29 is 9.47 Å². The molecule has 3 aromatic rings. The molecule has 0 atom stereocenters. The van der Waals surface area contributed by atoms with Crippen LogP contribution in [-0.4, -0.2) is 11.4 Å². The lowest BCUT2D eigenvalue weighted by Gasteiger charge is -2.36. The Morgan fingerprint density at radius 1 is 0.667 bits per heavy atom. The molecule has 10 heteroatoms. The van der Waals surface area contributed by atoms with Gasteiger partial charge in [-0.25, -0.2) is 9.98 Å². The van der Waals surface area contributed by atoms with E-state index in [-0.39, 0.29) is 11.4 Å². The minimum Gasteiger partial charge on any atom is -0.482 e. The number of thiophene rings is 2. The first-order chi connectivity index (χ1) is 17.1. The molecule has 0 saturated heterocycles. The lowest BCUT2D eigenvalue weighted by atomic mass is 9.88. The van der Waals surface area contributed by atoms with E-state index in [9.17, 15) is 0 Å². The Hall–Kier alpha value is -4.48. The second-order valence-corrected chi connectivity index (χ2v) is 11.2. The number of rotatable bonds is 2. The van der Waals surface area contributed by atoms with E-state index in [4.69, 9.17) is 30.5 Å². The van der Waals surface area contributed by atoms with Gasteiger partial charge in [-0.2, -0.15) is 21.0 Å². The van der Waals surface area contributed by atoms with Crippen LogP contribution in [-0.2, 0) is 11.2 Å². The Balaban J connectivity index is 1.69. The Morgan fingerprint density at radius 3 is 1.36 bits per heavy atom. The molecule has 174 valence electrons. The fourth-order valence-corrected chi connectivity index (χ4v) is 6.69. The van der Waals surface area contributed by atoms with Crippen molar-refractivity contribution >= 4 is 44.1 Å². The van der Waals surface area contributed by atoms with E-state index >= 15 is 0 Å². The van der Waals surface area contributed by atoms with Gasteiger partial charge in [-0.05, 0) is 52.0 Å². The van der Waals surface area contributed by atoms with Crippen LogP contribution in [0.25, 0.3) is 20.9 Å². The molecule has 1 aromatic carbocycles. The zero-order chi connectivity index (χ0) is 25.8. The summed E-state index contributed by atoms with van der Waals surface area (Å²) in [6, 6.07) is 14.8. The fraction of sp³-hybridized carbons (Fsp3) is 0.231. The number of hydrogen-bond donors (Lipinski definition) is 0. The molecule has 0 amide bonds. The zero-order valence-corrected chi connectivity index (χ0v) is 21.3. The minimum absolute atomic E-state index is 0.206. The van der Waals surface area contributed by atoms with Crippen LogP contribution in [0.15, 0.2) is 34.3 Å². The highest BCUT2D eigenvalue weighted by molar-refractivity contribution is 7.20. The third kappa shape index (κ3) is 3.61. The Kier molecular flexibility index (Phi) is 5.20. The summed E-state index contributed by atoms with van der Waals surface area (Å²) in [5, 5.41) is 37.5. The zero-order valence-electron chi connectivity index (χ0n) is 19.6. The van der Waals surface area contributed by atoms with Gasteiger partial charge in [0.25, 0.3) is 0 Å². The first kappa shape index (κ1) is 23.3. The number of aliphatic imine (C=N–C) groups is 2. The molecule has 0 unspecified atom stereocenters. The summed E-state index contributed by atoms with van der Waals surface area (Å²) >= 11 is 2.78. The Morgan fingerprint density at radius 2 is 1.03 bits per heavy atom. The van der Waals surface area contributed by atoms with Gasteiger partial charge in [0, 0.05) is 32.0 Å². The first-order valence-corrected chi connectivity index (χ1v) is 12.4. The van der Waals surface area contributed by atoms with Crippen LogP contribution in [0.1, 0.15) is 38.8 Å². The lowest BCUT2D eigenvalue weighted by molar-refractivity contribution is 0.100. The molecular formula is C26H16N6O2S2. The predicted molar refractivity (Wildman–Crippen MR) is 137 cm³/mol. The highest BCUT2D eigenvalue weighted by atomic mass is 32.1. The molecule has 4 heterocycles. The summed E-state index contributed by atoms with van der Waals surface area (Å²) in [6.07, 6.45) is 0. The molecule has 2 aliphatic heterocycles. The molecule has 0 fully saturated rings. The van der Waals surface area contributed by atoms with Crippen LogP contribution in [0.3, 0.4) is 0 Å². The van der Waals surface area contributed by atoms with Crippen LogP contribution in [0.4, 0.5) is 10.0 Å². The number of ether oxygens (including phenoxy) is 2. The van der Waals surface area contributed by atoms with Crippen LogP contribution < -0.4 is 9.47 Å². The van der Waals surface area contributed by atoms with Crippen LogP contribution in [0.5, 0.6) is 11.5 Å². The average molecular weight is 509 g/mol. The van der Waals surface area contributed by atoms with Gasteiger partial charge in [-0.3, -0.25) is 0 Å². The molecule has 5 rings (SSSR count). The maximum atomic E-state index is 9.11. The predicted octanol–water partition coefficient (Wildman–Crippen LogP) is 6.64. The number of benzene rings is 1. The van der Waals surface area contributed by atoms with E-state index in [1.165, 1.54) is 22.7 Å². The maximum Gasteiger partial charge on any atom is 0.219 e. The highest BCUT2D eigenvalue weighted by Crippen LogP contribution is 2.57. The van der Waals surface area contributed by atoms with Gasteiger partial charge < -0.3 is 9.47 Å². The molecule has 0 radical (unpaired) electrons. The summed E-state index contributed by atoms with van der Waals surface area (Å²) in [7, 11) is 0. The molecule has 2 aliphatic rings. The average Bonchev–Trinajstić information content (AvgIpc) is 3.46. The molecule has 0 aliphatic carbocycles. The lowest BCUT2D eigenvalue weighted by Crippen LogP contribution is -2.30. The van der Waals surface area contributed by atoms with Crippen molar-refractivity contribution in [2.75, 3.05) is 0 Å². The topological polar surface area (TPSA) is 138 Å². The number of hydrogen-bond acceptors (Lipinski definition) is 10. The molecular weight excluding hydrogens is 492 g/mol. The highest BCUT2D eigenvalue weighted by Gasteiger charge is 2.39. The number of fused-ring (bicyclic) bond motifs is 6. The van der Waals surface area contributed by atoms with Crippen molar-refractivity contribution in [2.45, 2.75) is 38.9 Å². The summed E-state index contributed by atoms with van der Waals surface area (Å²) in [5.74, 6) is 1.35. The SMILES string of the molecule is CC1(C)Oc2cc3c(cc2-c2sc(N=C(C#N)C#N)cc21)OC(C)(C)c1cc(N=C(C#N)C#N)sc1-3. The standard InChI is InChI=1S/C26H16N6O2S2/c1-25(2)17-7-21(31-13(9-27)10-28)35-23(17)15-6-20-16(5-19(15)33-25)24-18(26(3,4)34-20)8-22(36-24)32-14(11-29)12-30/h5-8H,1-4H3. The van der Waals surface area contributed by atoms with Gasteiger partial charge in [-0.15, -0.1) is 22.7 Å². The largest absolute Gasteiger partial charge is 0.482 e. The summed E-state index contributed by atoms with van der Waals surface area (Å²) in [6.45, 7) is 7.83. The second-order valence-electron chi connectivity index (χ2n) is 9.09. The first-order valence-electron chi connectivity index (χ1n) is 10.7. The van der Waals surface area contributed by atoms with Gasteiger partial charge in [-0.1, -0.05) is 0 Å². The molecule has 0 saturated carbocycles. The van der Waals surface area contributed by atoms with E-state index in [2.05, 4.69) is 9.98 Å². The van der Waals surface area contributed by atoms with Crippen molar-refractivity contribution in [1.29, 1.82) is 21.0 Å². The third-order valence-electron chi connectivity index (χ3n) is 5.90. The fourth-order valence-electron chi connectivity index (χ4n) is 4.27. The second kappa shape index (κ2) is 8.04. The van der Waals surface area contributed by atoms with Crippen molar-refractivity contribution in [2.24, 2.45) is 9.98 Å². The van der Waals surface area contributed by atoms with Crippen LogP contribution in [0.2, 0.25) is 0 Å². The van der Waals surface area contributed by atoms with E-state index in [1.807, 2.05) is 52.0 Å². The third-order valence-corrected chi connectivity index (χ3v) is 8.03. The molecule has 0 spiro atoms. The van der Waals surface area contributed by atoms with Gasteiger partial charge in [0.1, 0.15) is 57.0 Å². The summed E-state index contributed by atoms with van der Waals surface area (Å²) in [5.41, 5.74) is 1.76. The van der Waals surface area contributed by atoms with E-state index in [1.54, 1.807) is 24.3 Å². The molecule has 0 N–H and O–H groups in total. The normalized spacial score (nSPS) is 14.9. The molecule has 2 aromatic heterocycles. The van der Waals surface area contributed by atoms with E-state index in [0.29, 0.717) is 21.5 Å². The van der Waals surface area contributed by atoms with E-state index < -0.39 is 11.2 Å². The van der Waals surface area contributed by atoms with Gasteiger partial charge in [0.05, 0.1) is 0 Å². The number of nitrogens with zero attached hydrogens (tertiary/aromatic N) is 6. The minimum atomic E-state index is -0.669. The Bertz CT molecular complexity index is 1540.